The monoisotopic (exact) mass is 199 g/mol. The molecule has 4 heteroatoms. The van der Waals surface area contributed by atoms with Crippen LogP contribution < -0.4 is 5.73 Å². The van der Waals surface area contributed by atoms with E-state index < -0.39 is 0 Å². The van der Waals surface area contributed by atoms with E-state index in [2.05, 4.69) is 18.2 Å². The van der Waals surface area contributed by atoms with Crippen molar-refractivity contribution in [2.24, 2.45) is 0 Å². The second-order valence-corrected chi connectivity index (χ2v) is 4.26. The third-order valence-electron chi connectivity index (χ3n) is 2.10. The number of anilines is 1. The van der Waals surface area contributed by atoms with Gasteiger partial charge in [-0.15, -0.1) is 0 Å². The fraction of sp³-hybridized carbons (Fsp3) is 0.667. The molecular formula is C9H17N3S. The van der Waals surface area contributed by atoms with Crippen LogP contribution in [0.1, 0.15) is 25.1 Å². The molecule has 2 N–H and O–H groups in total. The number of nitrogens with two attached hydrogens (primary N) is 1. The van der Waals surface area contributed by atoms with Crippen molar-refractivity contribution in [3.05, 3.63) is 11.9 Å². The van der Waals surface area contributed by atoms with Crippen LogP contribution in [0.25, 0.3) is 0 Å². The smallest absolute Gasteiger partial charge is 0.200 e. The van der Waals surface area contributed by atoms with Crippen LogP contribution in [-0.4, -0.2) is 21.6 Å². The first kappa shape index (κ1) is 10.4. The lowest BCUT2D eigenvalue weighted by atomic mass is 10.2. The Hall–Kier alpha value is -0.640. The number of nitrogens with zero attached hydrogens (tertiary/aromatic N) is 2. The summed E-state index contributed by atoms with van der Waals surface area (Å²) < 4.78 is 2.05. The molecule has 1 aromatic heterocycles. The normalized spacial score (nSPS) is 13.2. The Labute approximate surface area is 83.7 Å². The van der Waals surface area contributed by atoms with Crippen molar-refractivity contribution >= 4 is 17.7 Å². The molecule has 1 aromatic rings. The van der Waals surface area contributed by atoms with Crippen molar-refractivity contribution < 1.29 is 0 Å². The maximum Gasteiger partial charge on any atom is 0.200 e. The highest BCUT2D eigenvalue weighted by Gasteiger charge is 2.08. The molecule has 0 fully saturated rings. The number of hydrogen-bond donors (Lipinski definition) is 1. The number of hydrogen-bond acceptors (Lipinski definition) is 3. The molecule has 0 aliphatic rings. The van der Waals surface area contributed by atoms with Crippen LogP contribution in [0.15, 0.2) is 6.20 Å². The molecule has 1 atom stereocenters. The molecule has 1 unspecified atom stereocenters. The molecule has 0 amide bonds. The summed E-state index contributed by atoms with van der Waals surface area (Å²) in [6.45, 7) is 4.14. The summed E-state index contributed by atoms with van der Waals surface area (Å²) in [5.74, 6) is 1.80. The number of aromatic nitrogens is 2. The molecule has 13 heavy (non-hydrogen) atoms. The van der Waals surface area contributed by atoms with E-state index in [4.69, 9.17) is 5.73 Å². The Bertz CT molecular complexity index is 270. The highest BCUT2D eigenvalue weighted by atomic mass is 32.2. The summed E-state index contributed by atoms with van der Waals surface area (Å²) in [6.07, 6.45) is 5.27. The molecule has 0 aliphatic carbocycles. The Kier molecular flexibility index (Phi) is 3.66. The van der Waals surface area contributed by atoms with Gasteiger partial charge in [-0.05, 0) is 32.3 Å². The lowest BCUT2D eigenvalue weighted by Crippen LogP contribution is -2.08. The van der Waals surface area contributed by atoms with Gasteiger partial charge in [0.1, 0.15) is 0 Å². The van der Waals surface area contributed by atoms with Gasteiger partial charge in [0.15, 0.2) is 0 Å². The minimum absolute atomic E-state index is 0.452. The van der Waals surface area contributed by atoms with Crippen molar-refractivity contribution in [1.29, 1.82) is 0 Å². The third-order valence-corrected chi connectivity index (χ3v) is 2.74. The Morgan fingerprint density at radius 2 is 2.38 bits per heavy atom. The fourth-order valence-corrected chi connectivity index (χ4v) is 1.89. The van der Waals surface area contributed by atoms with Gasteiger partial charge in [-0.25, -0.2) is 4.98 Å². The summed E-state index contributed by atoms with van der Waals surface area (Å²) in [6, 6.07) is 0.452. The highest BCUT2D eigenvalue weighted by Crippen LogP contribution is 2.17. The maximum atomic E-state index is 5.76. The molecule has 0 aromatic carbocycles. The number of aryl methyl sites for hydroxylation is 1. The maximum absolute atomic E-state index is 5.76. The Morgan fingerprint density at radius 1 is 1.69 bits per heavy atom. The largest absolute Gasteiger partial charge is 0.369 e. The van der Waals surface area contributed by atoms with Gasteiger partial charge in [0.2, 0.25) is 5.95 Å². The molecule has 1 heterocycles. The van der Waals surface area contributed by atoms with Gasteiger partial charge in [-0.1, -0.05) is 0 Å². The second-order valence-electron chi connectivity index (χ2n) is 3.28. The lowest BCUT2D eigenvalue weighted by Gasteiger charge is -2.13. The number of imidazole rings is 1. The second kappa shape index (κ2) is 4.56. The molecule has 0 saturated carbocycles. The van der Waals surface area contributed by atoms with Crippen LogP contribution in [0.3, 0.4) is 0 Å². The molecule has 3 nitrogen and oxygen atoms in total. The van der Waals surface area contributed by atoms with Crippen LogP contribution >= 0.6 is 11.8 Å². The quantitative estimate of drug-likeness (QED) is 0.807. The van der Waals surface area contributed by atoms with E-state index >= 15 is 0 Å². The molecule has 0 radical (unpaired) electrons. The van der Waals surface area contributed by atoms with Crippen molar-refractivity contribution in [3.63, 3.8) is 0 Å². The predicted molar refractivity (Wildman–Crippen MR) is 59.1 cm³/mol. The molecule has 74 valence electrons. The minimum atomic E-state index is 0.452. The summed E-state index contributed by atoms with van der Waals surface area (Å²) in [5.41, 5.74) is 6.75. The number of rotatable bonds is 4. The van der Waals surface area contributed by atoms with Gasteiger partial charge in [0, 0.05) is 12.2 Å². The summed E-state index contributed by atoms with van der Waals surface area (Å²) in [4.78, 5) is 4.17. The van der Waals surface area contributed by atoms with Crippen LogP contribution in [0, 0.1) is 6.92 Å². The van der Waals surface area contributed by atoms with Crippen LogP contribution in [-0.2, 0) is 0 Å². The standard InChI is InChI=1S/C9H17N3S/c1-7-6-12(9(10)11-7)8(2)4-5-13-3/h6,8H,4-5H2,1-3H3,(H2,10,11). The fourth-order valence-electron chi connectivity index (χ4n) is 1.32. The van der Waals surface area contributed by atoms with E-state index in [1.165, 1.54) is 0 Å². The molecule has 0 spiro atoms. The van der Waals surface area contributed by atoms with Gasteiger partial charge in [-0.3, -0.25) is 0 Å². The molecule has 0 saturated heterocycles. The predicted octanol–water partition coefficient (Wildman–Crippen LogP) is 2.09. The van der Waals surface area contributed by atoms with Crippen LogP contribution in [0.4, 0.5) is 5.95 Å². The molecule has 0 aliphatic heterocycles. The van der Waals surface area contributed by atoms with Crippen LogP contribution in [0.2, 0.25) is 0 Å². The lowest BCUT2D eigenvalue weighted by molar-refractivity contribution is 0.541. The van der Waals surface area contributed by atoms with Gasteiger partial charge in [-0.2, -0.15) is 11.8 Å². The Morgan fingerprint density at radius 3 is 2.85 bits per heavy atom. The topological polar surface area (TPSA) is 43.8 Å². The zero-order chi connectivity index (χ0) is 9.84. The number of thioether (sulfide) groups is 1. The van der Waals surface area contributed by atoms with Crippen molar-refractivity contribution in [2.75, 3.05) is 17.7 Å². The zero-order valence-electron chi connectivity index (χ0n) is 8.45. The van der Waals surface area contributed by atoms with Crippen molar-refractivity contribution in [1.82, 2.24) is 9.55 Å². The van der Waals surface area contributed by atoms with Crippen molar-refractivity contribution in [3.8, 4) is 0 Å². The molecule has 1 rings (SSSR count). The summed E-state index contributed by atoms with van der Waals surface area (Å²) in [5, 5.41) is 0. The Balaban J connectivity index is 2.64. The van der Waals surface area contributed by atoms with E-state index in [0.29, 0.717) is 12.0 Å². The van der Waals surface area contributed by atoms with Gasteiger partial charge in [0.25, 0.3) is 0 Å². The third kappa shape index (κ3) is 2.66. The van der Waals surface area contributed by atoms with E-state index in [1.54, 1.807) is 0 Å². The zero-order valence-corrected chi connectivity index (χ0v) is 9.27. The minimum Gasteiger partial charge on any atom is -0.369 e. The van der Waals surface area contributed by atoms with Crippen LogP contribution in [0.5, 0.6) is 0 Å². The first-order chi connectivity index (χ1) is 6.15. The summed E-state index contributed by atoms with van der Waals surface area (Å²) in [7, 11) is 0. The van der Waals surface area contributed by atoms with Gasteiger partial charge in [0.05, 0.1) is 5.69 Å². The number of nitrogen functional groups attached to an aromatic ring is 1. The van der Waals surface area contributed by atoms with E-state index in [9.17, 15) is 0 Å². The van der Waals surface area contributed by atoms with E-state index in [0.717, 1.165) is 17.9 Å². The van der Waals surface area contributed by atoms with Gasteiger partial charge < -0.3 is 10.3 Å². The first-order valence-corrected chi connectivity index (χ1v) is 5.84. The SMILES string of the molecule is CSCCC(C)n1cc(C)nc1N. The van der Waals surface area contributed by atoms with Crippen molar-refractivity contribution in [2.45, 2.75) is 26.3 Å². The van der Waals surface area contributed by atoms with Gasteiger partial charge >= 0.3 is 0 Å². The highest BCUT2D eigenvalue weighted by molar-refractivity contribution is 7.98. The molecular weight excluding hydrogens is 182 g/mol. The van der Waals surface area contributed by atoms with E-state index in [1.807, 2.05) is 29.4 Å². The summed E-state index contributed by atoms with van der Waals surface area (Å²) >= 11 is 1.86. The molecule has 0 bridgehead atoms. The average Bonchev–Trinajstić information content (AvgIpc) is 2.41. The average molecular weight is 199 g/mol. The van der Waals surface area contributed by atoms with E-state index in [-0.39, 0.29) is 0 Å². The first-order valence-electron chi connectivity index (χ1n) is 4.45.